The van der Waals surface area contributed by atoms with Gasteiger partial charge in [-0.15, -0.1) is 0 Å². The average molecular weight is 356 g/mol. The summed E-state index contributed by atoms with van der Waals surface area (Å²) in [6.07, 6.45) is 10.9. The van der Waals surface area contributed by atoms with E-state index in [2.05, 4.69) is 0 Å². The molecular weight excluding hydrogens is 319 g/mol. The van der Waals surface area contributed by atoms with Gasteiger partial charge in [0.15, 0.2) is 0 Å². The van der Waals surface area contributed by atoms with E-state index in [0.29, 0.717) is 12.8 Å². The zero-order valence-corrected chi connectivity index (χ0v) is 17.5. The smallest absolute Gasteiger partial charge is 1.00 e. The number of hydrogen-bond donors (Lipinski definition) is 4. The maximum atomic E-state index is 10.4. The second-order valence-electron chi connectivity index (χ2n) is 6.47. The molecule has 2 unspecified atom stereocenters. The second-order valence-corrected chi connectivity index (χ2v) is 6.47. The Kier molecular flexibility index (Phi) is 21.8. The molecule has 0 saturated carbocycles. The number of rotatable bonds is 17. The van der Waals surface area contributed by atoms with Crippen molar-refractivity contribution in [2.45, 2.75) is 102 Å². The largest absolute Gasteiger partial charge is 1.00 e. The maximum Gasteiger partial charge on any atom is 1.00 e. The van der Waals surface area contributed by atoms with Crippen molar-refractivity contribution >= 4 is 5.97 Å². The third-order valence-corrected chi connectivity index (χ3v) is 4.24. The van der Waals surface area contributed by atoms with Crippen LogP contribution in [0.1, 0.15) is 91.3 Å². The molecule has 0 aromatic carbocycles. The number of aliphatic hydroxyl groups excluding tert-OH is 3. The topological polar surface area (TPSA) is 98.0 Å². The Morgan fingerprint density at radius 3 is 1.50 bits per heavy atom. The van der Waals surface area contributed by atoms with Crippen LogP contribution in [0, 0.1) is 0 Å². The predicted molar refractivity (Wildman–Crippen MR) is 92.5 cm³/mol. The number of carboxylic acids is 1. The normalized spacial score (nSPS) is 13.3. The zero-order valence-electron chi connectivity index (χ0n) is 16.5. The minimum absolute atomic E-state index is 0. The molecule has 0 radical (unpaired) electrons. The average Bonchev–Trinajstić information content (AvgIpc) is 2.52. The molecule has 0 saturated heterocycles. The van der Waals surface area contributed by atoms with Gasteiger partial charge in [0, 0.05) is 13.0 Å². The predicted octanol–water partition coefficient (Wildman–Crippen LogP) is 0.363. The minimum Gasteiger partial charge on any atom is -1.00 e. The summed E-state index contributed by atoms with van der Waals surface area (Å²) in [5, 5.41) is 37.0. The van der Waals surface area contributed by atoms with Gasteiger partial charge in [0.2, 0.25) is 0 Å². The van der Waals surface area contributed by atoms with Gasteiger partial charge in [-0.1, -0.05) is 57.8 Å². The summed E-state index contributed by atoms with van der Waals surface area (Å²) >= 11 is 0. The van der Waals surface area contributed by atoms with Gasteiger partial charge in [0.25, 0.3) is 0 Å². The van der Waals surface area contributed by atoms with Crippen molar-refractivity contribution in [3.05, 3.63) is 0 Å². The molecule has 24 heavy (non-hydrogen) atoms. The standard InChI is InChI=1S/C18H36O5.Na.H/c19-15-11-7-2-1-4-8-12-16(20)17(21)13-9-5-3-6-10-14-18(22)23;;/h16-17,19-21H,1-15H2,(H,22,23);;/q;+1;-1. The van der Waals surface area contributed by atoms with Crippen molar-refractivity contribution in [1.82, 2.24) is 0 Å². The maximum absolute atomic E-state index is 10.4. The summed E-state index contributed by atoms with van der Waals surface area (Å²) in [5.41, 5.74) is 0. The van der Waals surface area contributed by atoms with Gasteiger partial charge in [-0.25, -0.2) is 0 Å². The molecule has 0 amide bonds. The molecule has 2 atom stereocenters. The molecule has 5 nitrogen and oxygen atoms in total. The summed E-state index contributed by atoms with van der Waals surface area (Å²) in [6, 6.07) is 0. The van der Waals surface area contributed by atoms with E-state index in [-0.39, 0.29) is 44.0 Å². The molecule has 0 heterocycles. The summed E-state index contributed by atoms with van der Waals surface area (Å²) in [6.45, 7) is 0.268. The van der Waals surface area contributed by atoms with E-state index in [9.17, 15) is 15.0 Å². The van der Waals surface area contributed by atoms with Crippen molar-refractivity contribution in [2.75, 3.05) is 6.61 Å². The Balaban J connectivity index is -0.00000242. The quantitative estimate of drug-likeness (QED) is 0.223. The van der Waals surface area contributed by atoms with E-state index in [1.54, 1.807) is 0 Å². The number of unbranched alkanes of at least 4 members (excludes halogenated alkanes) is 9. The number of carbonyl (C=O) groups is 1. The summed E-state index contributed by atoms with van der Waals surface area (Å²) in [7, 11) is 0. The molecule has 0 rings (SSSR count). The molecular formula is C18H37NaO5. The SMILES string of the molecule is O=C(O)CCCCCCCC(O)C(O)CCCCCCCCO.[H-].[Na+]. The monoisotopic (exact) mass is 356 g/mol. The van der Waals surface area contributed by atoms with Crippen LogP contribution < -0.4 is 29.6 Å². The summed E-state index contributed by atoms with van der Waals surface area (Å²) in [4.78, 5) is 10.4. The molecule has 0 aliphatic heterocycles. The van der Waals surface area contributed by atoms with Gasteiger partial charge in [-0.3, -0.25) is 4.79 Å². The van der Waals surface area contributed by atoms with Gasteiger partial charge in [-0.05, 0) is 25.7 Å². The van der Waals surface area contributed by atoms with Crippen LogP contribution in [0.25, 0.3) is 0 Å². The van der Waals surface area contributed by atoms with E-state index in [4.69, 9.17) is 10.2 Å². The van der Waals surface area contributed by atoms with Crippen LogP contribution in [0.15, 0.2) is 0 Å². The Hall–Kier alpha value is 0.350. The molecule has 0 bridgehead atoms. The Morgan fingerprint density at radius 1 is 0.708 bits per heavy atom. The van der Waals surface area contributed by atoms with Crippen molar-refractivity contribution in [3.63, 3.8) is 0 Å². The van der Waals surface area contributed by atoms with Gasteiger partial charge in [-0.2, -0.15) is 0 Å². The molecule has 0 spiro atoms. The van der Waals surface area contributed by atoms with Crippen LogP contribution in [-0.4, -0.2) is 45.2 Å². The van der Waals surface area contributed by atoms with Crippen LogP contribution in [0.4, 0.5) is 0 Å². The third kappa shape index (κ3) is 18.7. The third-order valence-electron chi connectivity index (χ3n) is 4.24. The van der Waals surface area contributed by atoms with Crippen LogP contribution >= 0.6 is 0 Å². The molecule has 0 aromatic heterocycles. The van der Waals surface area contributed by atoms with Crippen molar-refractivity contribution in [1.29, 1.82) is 0 Å². The molecule has 0 fully saturated rings. The van der Waals surface area contributed by atoms with E-state index < -0.39 is 18.2 Å². The van der Waals surface area contributed by atoms with Crippen LogP contribution in [0.2, 0.25) is 0 Å². The first-order chi connectivity index (χ1) is 11.1. The van der Waals surface area contributed by atoms with Gasteiger partial charge in [0.05, 0.1) is 12.2 Å². The Morgan fingerprint density at radius 2 is 1.08 bits per heavy atom. The van der Waals surface area contributed by atoms with E-state index in [1.807, 2.05) is 0 Å². The van der Waals surface area contributed by atoms with Crippen molar-refractivity contribution in [3.8, 4) is 0 Å². The fourth-order valence-electron chi connectivity index (χ4n) is 2.72. The summed E-state index contributed by atoms with van der Waals surface area (Å²) in [5.74, 6) is -0.739. The van der Waals surface area contributed by atoms with Crippen LogP contribution in [-0.2, 0) is 4.79 Å². The van der Waals surface area contributed by atoms with Crippen molar-refractivity contribution in [2.24, 2.45) is 0 Å². The molecule has 0 aliphatic rings. The number of hydrogen-bond acceptors (Lipinski definition) is 4. The molecule has 140 valence electrons. The van der Waals surface area contributed by atoms with Gasteiger partial charge >= 0.3 is 35.5 Å². The second kappa shape index (κ2) is 19.7. The van der Waals surface area contributed by atoms with Crippen LogP contribution in [0.5, 0.6) is 0 Å². The van der Waals surface area contributed by atoms with E-state index >= 15 is 0 Å². The van der Waals surface area contributed by atoms with Crippen molar-refractivity contribution < 1.29 is 56.2 Å². The fourth-order valence-corrected chi connectivity index (χ4v) is 2.72. The fraction of sp³-hybridized carbons (Fsp3) is 0.944. The van der Waals surface area contributed by atoms with E-state index in [0.717, 1.165) is 70.6 Å². The zero-order chi connectivity index (χ0) is 17.3. The molecule has 0 aromatic rings. The van der Waals surface area contributed by atoms with E-state index in [1.165, 1.54) is 0 Å². The Bertz CT molecular complexity index is 282. The number of aliphatic carboxylic acids is 1. The molecule has 6 heteroatoms. The molecule has 0 aliphatic carbocycles. The number of carboxylic acid groups (broad SMARTS) is 1. The minimum atomic E-state index is -0.739. The Labute approximate surface area is 170 Å². The molecule has 4 N–H and O–H groups in total. The first kappa shape index (κ1) is 26.6. The first-order valence-electron chi connectivity index (χ1n) is 9.26. The number of aliphatic hydroxyl groups is 3. The van der Waals surface area contributed by atoms with Crippen LogP contribution in [0.3, 0.4) is 0 Å². The summed E-state index contributed by atoms with van der Waals surface area (Å²) < 4.78 is 0. The first-order valence-corrected chi connectivity index (χ1v) is 9.26. The van der Waals surface area contributed by atoms with Gasteiger partial charge < -0.3 is 21.9 Å². The van der Waals surface area contributed by atoms with Gasteiger partial charge in [0.1, 0.15) is 0 Å².